The molecule has 71 heavy (non-hydrogen) atoms. The molecule has 0 amide bonds. The van der Waals surface area contributed by atoms with E-state index in [2.05, 4.69) is 164 Å². The van der Waals surface area contributed by atoms with Crippen molar-refractivity contribution < 1.29 is 4.74 Å². The van der Waals surface area contributed by atoms with Crippen LogP contribution in [0.15, 0.2) is 164 Å². The number of fused-ring (bicyclic) bond motifs is 10. The van der Waals surface area contributed by atoms with E-state index in [0.29, 0.717) is 5.41 Å². The first-order chi connectivity index (χ1) is 35.0. The van der Waals surface area contributed by atoms with Crippen LogP contribution in [0.5, 0.6) is 11.5 Å². The monoisotopic (exact) mass is 921 g/mol. The van der Waals surface area contributed by atoms with Gasteiger partial charge in [-0.25, -0.2) is 15.0 Å². The van der Waals surface area contributed by atoms with Crippen LogP contribution in [-0.4, -0.2) is 15.0 Å². The number of ether oxygens (including phenoxy) is 1. The molecular weight excluding hydrogens is 863 g/mol. The fourth-order valence-corrected chi connectivity index (χ4v) is 17.6. The molecule has 18 rings (SSSR count). The third-order valence-electron chi connectivity index (χ3n) is 19.8. The van der Waals surface area contributed by atoms with Gasteiger partial charge in [-0.15, -0.1) is 0 Å². The van der Waals surface area contributed by atoms with E-state index in [-0.39, 0.29) is 5.41 Å². The predicted molar refractivity (Wildman–Crippen MR) is 283 cm³/mol. The lowest BCUT2D eigenvalue weighted by Crippen LogP contribution is -2.48. The smallest absolute Gasteiger partial charge is 0.163 e. The maximum Gasteiger partial charge on any atom is 0.163 e. The highest BCUT2D eigenvalue weighted by Crippen LogP contribution is 2.64. The number of nitrogens with zero attached hydrogens (tertiary/aromatic N) is 3. The minimum absolute atomic E-state index is 0.0342. The molecule has 4 heteroatoms. The summed E-state index contributed by atoms with van der Waals surface area (Å²) >= 11 is 0. The quantitative estimate of drug-likeness (QED) is 0.167. The van der Waals surface area contributed by atoms with Crippen LogP contribution in [0.25, 0.3) is 56.2 Å². The Hall–Kier alpha value is -6.65. The van der Waals surface area contributed by atoms with E-state index < -0.39 is 5.41 Å². The highest BCUT2D eigenvalue weighted by Gasteiger charge is 2.54. The number of para-hydroxylation sites is 2. The lowest BCUT2D eigenvalue weighted by molar-refractivity contribution is -0.00518. The van der Waals surface area contributed by atoms with E-state index in [4.69, 9.17) is 19.7 Å². The van der Waals surface area contributed by atoms with Crippen molar-refractivity contribution in [3.05, 3.63) is 197 Å². The van der Waals surface area contributed by atoms with Crippen LogP contribution in [-0.2, 0) is 16.2 Å². The van der Waals surface area contributed by atoms with Gasteiger partial charge < -0.3 is 4.74 Å². The Balaban J connectivity index is 0.800. The Morgan fingerprint density at radius 3 is 1.51 bits per heavy atom. The van der Waals surface area contributed by atoms with Crippen LogP contribution in [0, 0.1) is 35.5 Å². The van der Waals surface area contributed by atoms with Crippen LogP contribution < -0.4 is 4.74 Å². The second-order valence-corrected chi connectivity index (χ2v) is 23.9. The SMILES string of the molecule is c1cc(-c2cccc(-c3cccc4c3-c3ccccc3C43c4ccccc4Oc4ccccc43)c2)cc(-c2nc(-c3ccc(C45CC6CC(CC(C6)C4)C5)cc3)nc(C34CC5CC[C@H](CC(C5)C3)C4)n2)c1. The van der Waals surface area contributed by atoms with Gasteiger partial charge in [0.25, 0.3) is 0 Å². The lowest BCUT2D eigenvalue weighted by atomic mass is 9.48. The molecule has 0 radical (unpaired) electrons. The summed E-state index contributed by atoms with van der Waals surface area (Å²) in [4.78, 5) is 16.6. The Kier molecular flexibility index (Phi) is 8.77. The molecule has 8 aromatic rings. The highest BCUT2D eigenvalue weighted by molar-refractivity contribution is 5.97. The molecule has 3 unspecified atom stereocenters. The first kappa shape index (κ1) is 41.0. The molecule has 10 aliphatic rings. The summed E-state index contributed by atoms with van der Waals surface area (Å²) in [6, 6.07) is 61.1. The molecule has 1 aliphatic heterocycles. The molecular formula is C67H59N3O. The van der Waals surface area contributed by atoms with Crippen molar-refractivity contribution in [3.8, 4) is 67.7 Å². The molecule has 0 saturated heterocycles. The largest absolute Gasteiger partial charge is 0.457 e. The summed E-state index contributed by atoms with van der Waals surface area (Å²) < 4.78 is 6.64. The van der Waals surface area contributed by atoms with Gasteiger partial charge in [0.05, 0.1) is 5.41 Å². The van der Waals surface area contributed by atoms with Crippen LogP contribution in [0.2, 0.25) is 0 Å². The molecule has 9 aliphatic carbocycles. The molecule has 7 aromatic carbocycles. The van der Waals surface area contributed by atoms with E-state index in [0.717, 1.165) is 81.2 Å². The van der Waals surface area contributed by atoms with Crippen LogP contribution in [0.4, 0.5) is 0 Å². The molecule has 8 fully saturated rings. The third kappa shape index (κ3) is 6.12. The zero-order chi connectivity index (χ0) is 46.5. The third-order valence-corrected chi connectivity index (χ3v) is 19.8. The lowest BCUT2D eigenvalue weighted by Gasteiger charge is -2.57. The van der Waals surface area contributed by atoms with E-state index in [1.807, 2.05) is 0 Å². The van der Waals surface area contributed by atoms with Crippen molar-refractivity contribution in [3.63, 3.8) is 0 Å². The van der Waals surface area contributed by atoms with Gasteiger partial charge >= 0.3 is 0 Å². The van der Waals surface area contributed by atoms with Crippen molar-refractivity contribution in [2.24, 2.45) is 35.5 Å². The standard InChI is InChI=1S/C67H59N3O/c1-2-16-55-54(14-1)61-53(15-9-19-58(61)67(55)56-17-3-5-20-59(56)71-60-21-6-4-18-57(60)67)50-12-7-10-48(33-50)49-11-8-13-51(34-49)63-68-62(69-64(70-63)66-35-41-22-23-42(36-66)29-43(28-41)40-66)47-24-26-52(27-25-47)65-37-44-30-45(38-65)32-46(31-44)39-65/h1-21,24-27,33-34,41-46H,22-23,28-32,35-40H2/t41-,42?,43?,44?,45?,46?,65?,66?/m1/s1. The molecule has 2 heterocycles. The summed E-state index contributed by atoms with van der Waals surface area (Å²) in [6.45, 7) is 0. The maximum absolute atomic E-state index is 6.64. The normalized spacial score (nSPS) is 28.5. The minimum atomic E-state index is -0.507. The van der Waals surface area contributed by atoms with Crippen molar-refractivity contribution >= 4 is 0 Å². The van der Waals surface area contributed by atoms with Crippen molar-refractivity contribution in [1.82, 2.24) is 15.0 Å². The molecule has 8 saturated carbocycles. The maximum atomic E-state index is 6.64. The molecule has 4 atom stereocenters. The number of hydrogen-bond acceptors (Lipinski definition) is 4. The average Bonchev–Trinajstić information content (AvgIpc) is 3.53. The molecule has 1 aromatic heterocycles. The summed E-state index contributed by atoms with van der Waals surface area (Å²) in [6.07, 6.45) is 17.8. The first-order valence-corrected chi connectivity index (χ1v) is 27.2. The van der Waals surface area contributed by atoms with Gasteiger partial charge in [0, 0.05) is 27.7 Å². The zero-order valence-corrected chi connectivity index (χ0v) is 40.5. The molecule has 348 valence electrons. The molecule has 8 bridgehead atoms. The number of aromatic nitrogens is 3. The van der Waals surface area contributed by atoms with Gasteiger partial charge in [0.1, 0.15) is 17.3 Å². The summed E-state index contributed by atoms with van der Waals surface area (Å²) in [5.41, 5.74) is 15.9. The van der Waals surface area contributed by atoms with E-state index >= 15 is 0 Å². The Morgan fingerprint density at radius 2 is 0.845 bits per heavy atom. The van der Waals surface area contributed by atoms with Gasteiger partial charge in [0.2, 0.25) is 0 Å². The zero-order valence-electron chi connectivity index (χ0n) is 40.5. The Bertz CT molecular complexity index is 3380. The minimum Gasteiger partial charge on any atom is -0.457 e. The van der Waals surface area contributed by atoms with Crippen molar-refractivity contribution in [1.29, 1.82) is 0 Å². The first-order valence-electron chi connectivity index (χ1n) is 27.2. The summed E-state index contributed by atoms with van der Waals surface area (Å²) in [5, 5.41) is 0. The van der Waals surface area contributed by atoms with Gasteiger partial charge in [-0.3, -0.25) is 0 Å². The second-order valence-electron chi connectivity index (χ2n) is 23.9. The predicted octanol–water partition coefficient (Wildman–Crippen LogP) is 16.3. The fourth-order valence-electron chi connectivity index (χ4n) is 17.6. The average molecular weight is 922 g/mol. The van der Waals surface area contributed by atoms with Crippen molar-refractivity contribution in [2.45, 2.75) is 99.7 Å². The second kappa shape index (κ2) is 15.2. The Labute approximate surface area is 418 Å². The number of hydrogen-bond donors (Lipinski definition) is 0. The topological polar surface area (TPSA) is 47.9 Å². The Morgan fingerprint density at radius 1 is 0.366 bits per heavy atom. The van der Waals surface area contributed by atoms with E-state index in [1.165, 1.54) is 134 Å². The van der Waals surface area contributed by atoms with Gasteiger partial charge in [0.15, 0.2) is 11.6 Å². The van der Waals surface area contributed by atoms with Gasteiger partial charge in [-0.05, 0) is 186 Å². The van der Waals surface area contributed by atoms with Gasteiger partial charge in [-0.2, -0.15) is 0 Å². The number of rotatable bonds is 6. The van der Waals surface area contributed by atoms with E-state index in [9.17, 15) is 0 Å². The van der Waals surface area contributed by atoms with Gasteiger partial charge in [-0.1, -0.05) is 152 Å². The molecule has 0 N–H and O–H groups in total. The summed E-state index contributed by atoms with van der Waals surface area (Å²) in [5.74, 6) is 9.68. The van der Waals surface area contributed by atoms with Crippen molar-refractivity contribution in [2.75, 3.05) is 0 Å². The van der Waals surface area contributed by atoms with Crippen LogP contribution in [0.1, 0.15) is 117 Å². The van der Waals surface area contributed by atoms with Crippen LogP contribution in [0.3, 0.4) is 0 Å². The molecule has 1 spiro atoms. The van der Waals surface area contributed by atoms with E-state index in [1.54, 1.807) is 5.56 Å². The van der Waals surface area contributed by atoms with Crippen LogP contribution >= 0.6 is 0 Å². The molecule has 4 nitrogen and oxygen atoms in total. The fraction of sp³-hybridized carbons (Fsp3) is 0.328. The highest BCUT2D eigenvalue weighted by atomic mass is 16.5. The summed E-state index contributed by atoms with van der Waals surface area (Å²) in [7, 11) is 0. The number of benzene rings is 7.